The van der Waals surface area contributed by atoms with Crippen LogP contribution in [-0.4, -0.2) is 160 Å². The first-order valence-corrected chi connectivity index (χ1v) is 26.0. The van der Waals surface area contributed by atoms with Crippen LogP contribution in [-0.2, 0) is 57.3 Å². The van der Waals surface area contributed by atoms with E-state index in [1.54, 1.807) is 19.2 Å². The normalized spacial score (nSPS) is 12.3. The maximum atomic E-state index is 12.7. The SMILES string of the molecule is CCC[C@H](NC)C(=O)CC[C@@H](CCCCNC(=O)COCCOCCNC(=O)COCCOCCCC(=O)CC[C@H](NC(=O)CCCCCCCCCOc1ccc(C(=O)O)cc1)C(=O)O)C(=O)CCC(=O)O. The lowest BCUT2D eigenvalue weighted by Crippen LogP contribution is -2.41. The topological polar surface area (TPSA) is 309 Å². The Morgan fingerprint density at radius 1 is 0.507 bits per heavy atom. The fraction of sp³-hybridized carbons (Fsp3) is 0.712. The molecule has 3 atom stereocenters. The number of carboxylic acid groups (broad SMARTS) is 3. The highest BCUT2D eigenvalue weighted by Crippen LogP contribution is 2.20. The number of amides is 3. The van der Waals surface area contributed by atoms with Gasteiger partial charge in [-0.25, -0.2) is 9.59 Å². The quantitative estimate of drug-likeness (QED) is 0.0429. The van der Waals surface area contributed by atoms with E-state index in [0.717, 1.165) is 44.9 Å². The highest BCUT2D eigenvalue weighted by atomic mass is 16.5. The molecule has 0 heterocycles. The molecule has 0 spiro atoms. The molecule has 0 bridgehead atoms. The Balaban J connectivity index is 2.01. The lowest BCUT2D eigenvalue weighted by atomic mass is 9.88. The molecule has 0 aromatic heterocycles. The number of aromatic carboxylic acids is 1. The minimum absolute atomic E-state index is 0.00160. The zero-order valence-electron chi connectivity index (χ0n) is 43.2. The Bertz CT molecular complexity index is 1760. The molecule has 73 heavy (non-hydrogen) atoms. The second-order valence-electron chi connectivity index (χ2n) is 17.8. The highest BCUT2D eigenvalue weighted by Gasteiger charge is 2.23. The van der Waals surface area contributed by atoms with Crippen molar-refractivity contribution in [1.82, 2.24) is 21.3 Å². The number of nitrogens with one attached hydrogen (secondary N) is 4. The van der Waals surface area contributed by atoms with Crippen LogP contribution >= 0.6 is 0 Å². The van der Waals surface area contributed by atoms with Gasteiger partial charge in [0.15, 0.2) is 0 Å². The number of carbonyl (C=O) groups excluding carboxylic acids is 6. The molecule has 414 valence electrons. The van der Waals surface area contributed by atoms with Crippen molar-refractivity contribution in [2.24, 2.45) is 5.92 Å². The molecule has 0 unspecified atom stereocenters. The molecular formula is C52H84N4O17. The average Bonchev–Trinajstić information content (AvgIpc) is 3.36. The van der Waals surface area contributed by atoms with E-state index in [0.29, 0.717) is 63.8 Å². The Morgan fingerprint density at radius 2 is 1.12 bits per heavy atom. The molecule has 0 radical (unpaired) electrons. The molecule has 21 nitrogen and oxygen atoms in total. The second-order valence-corrected chi connectivity index (χ2v) is 17.8. The van der Waals surface area contributed by atoms with Gasteiger partial charge in [-0.2, -0.15) is 0 Å². The summed E-state index contributed by atoms with van der Waals surface area (Å²) in [6.07, 6.45) is 10.7. The van der Waals surface area contributed by atoms with E-state index in [-0.39, 0.29) is 151 Å². The van der Waals surface area contributed by atoms with E-state index in [2.05, 4.69) is 21.3 Å². The van der Waals surface area contributed by atoms with E-state index in [1.165, 1.54) is 12.1 Å². The third-order valence-corrected chi connectivity index (χ3v) is 11.7. The highest BCUT2D eigenvalue weighted by molar-refractivity contribution is 5.88. The van der Waals surface area contributed by atoms with Gasteiger partial charge in [-0.1, -0.05) is 51.9 Å². The van der Waals surface area contributed by atoms with Crippen molar-refractivity contribution in [2.45, 2.75) is 154 Å². The molecule has 1 aromatic carbocycles. The van der Waals surface area contributed by atoms with Crippen LogP contribution in [0.25, 0.3) is 0 Å². The number of carboxylic acids is 3. The van der Waals surface area contributed by atoms with Crippen molar-refractivity contribution in [3.8, 4) is 5.75 Å². The van der Waals surface area contributed by atoms with Gasteiger partial charge in [-0.05, 0) is 82.7 Å². The number of hydrogen-bond donors (Lipinski definition) is 7. The molecule has 3 amide bonds. The number of hydrogen-bond acceptors (Lipinski definition) is 15. The molecule has 0 aliphatic heterocycles. The van der Waals surface area contributed by atoms with Gasteiger partial charge in [0.2, 0.25) is 17.7 Å². The number of unbranched alkanes of at least 4 members (excludes halogenated alkanes) is 7. The molecular weight excluding hydrogens is 953 g/mol. The lowest BCUT2D eigenvalue weighted by molar-refractivity contribution is -0.142. The summed E-state index contributed by atoms with van der Waals surface area (Å²) in [5.41, 5.74) is 0.211. The predicted octanol–water partition coefficient (Wildman–Crippen LogP) is 4.84. The van der Waals surface area contributed by atoms with Crippen LogP contribution in [0.2, 0.25) is 0 Å². The minimum atomic E-state index is -1.19. The predicted molar refractivity (Wildman–Crippen MR) is 269 cm³/mol. The van der Waals surface area contributed by atoms with E-state index in [4.69, 9.17) is 33.9 Å². The molecule has 0 fully saturated rings. The Labute approximate surface area is 430 Å². The monoisotopic (exact) mass is 1040 g/mol. The fourth-order valence-corrected chi connectivity index (χ4v) is 7.50. The van der Waals surface area contributed by atoms with Crippen molar-refractivity contribution in [3.63, 3.8) is 0 Å². The van der Waals surface area contributed by atoms with Crippen LogP contribution in [0.15, 0.2) is 24.3 Å². The number of Topliss-reactive ketones (excluding diaryl/α,β-unsaturated/α-hetero) is 3. The summed E-state index contributed by atoms with van der Waals surface area (Å²) in [6, 6.07) is 4.88. The Morgan fingerprint density at radius 3 is 1.74 bits per heavy atom. The van der Waals surface area contributed by atoms with Gasteiger partial charge < -0.3 is 60.3 Å². The van der Waals surface area contributed by atoms with Gasteiger partial charge in [0.25, 0.3) is 0 Å². The molecule has 0 aliphatic rings. The molecule has 1 aromatic rings. The van der Waals surface area contributed by atoms with Gasteiger partial charge in [-0.3, -0.25) is 33.6 Å². The van der Waals surface area contributed by atoms with Gasteiger partial charge >= 0.3 is 17.9 Å². The minimum Gasteiger partial charge on any atom is -0.494 e. The largest absolute Gasteiger partial charge is 0.494 e. The molecule has 0 saturated heterocycles. The van der Waals surface area contributed by atoms with Crippen molar-refractivity contribution >= 4 is 53.0 Å². The first-order valence-electron chi connectivity index (χ1n) is 26.0. The molecule has 7 N–H and O–H groups in total. The number of ketones is 3. The Kier molecular flexibility index (Phi) is 38.8. The van der Waals surface area contributed by atoms with Crippen molar-refractivity contribution in [3.05, 3.63) is 29.8 Å². The van der Waals surface area contributed by atoms with Crippen LogP contribution in [0.3, 0.4) is 0 Å². The van der Waals surface area contributed by atoms with Crippen LogP contribution in [0.4, 0.5) is 0 Å². The third kappa shape index (κ3) is 36.3. The first-order chi connectivity index (χ1) is 35.2. The van der Waals surface area contributed by atoms with Crippen molar-refractivity contribution < 1.29 is 82.2 Å². The summed E-state index contributed by atoms with van der Waals surface area (Å²) < 4.78 is 27.2. The maximum Gasteiger partial charge on any atom is 0.335 e. The number of rotatable bonds is 50. The number of aliphatic carboxylic acids is 2. The summed E-state index contributed by atoms with van der Waals surface area (Å²) in [4.78, 5) is 108. The lowest BCUT2D eigenvalue weighted by Gasteiger charge is -2.18. The third-order valence-electron chi connectivity index (χ3n) is 11.7. The number of carbonyl (C=O) groups is 9. The summed E-state index contributed by atoms with van der Waals surface area (Å²) in [5, 5.41) is 38.5. The van der Waals surface area contributed by atoms with E-state index in [1.807, 2.05) is 6.92 Å². The van der Waals surface area contributed by atoms with E-state index < -0.39 is 29.9 Å². The van der Waals surface area contributed by atoms with Gasteiger partial charge in [0.1, 0.15) is 42.4 Å². The number of benzene rings is 1. The van der Waals surface area contributed by atoms with Crippen molar-refractivity contribution in [2.75, 3.05) is 79.6 Å². The summed E-state index contributed by atoms with van der Waals surface area (Å²) in [6.45, 7) is 4.05. The van der Waals surface area contributed by atoms with Crippen LogP contribution in [0.1, 0.15) is 152 Å². The molecule has 21 heteroatoms. The van der Waals surface area contributed by atoms with Gasteiger partial charge in [0, 0.05) is 57.7 Å². The molecule has 0 aliphatic carbocycles. The van der Waals surface area contributed by atoms with Crippen LogP contribution in [0, 0.1) is 5.92 Å². The van der Waals surface area contributed by atoms with Crippen LogP contribution in [0.5, 0.6) is 5.75 Å². The standard InChI is InChI=1S/C52H84N4O17/c1-3-14-43(53-2)46(59)25-20-39(45(58)26-27-50(63)64)15-10-11-28-54-48(61)37-72-36-34-70-32-29-55-49(62)38-71-35-33-69-30-13-16-41(57)21-24-44(52(67)68)56-47(60)17-9-7-5-4-6-8-12-31-73-42-22-18-40(19-23-42)51(65)66/h18-19,22-23,39,43-44,53H,3-17,20-21,24-38H2,1-2H3,(H,54,61)(H,55,62)(H,56,60)(H,63,64)(H,65,66)(H,67,68)/t39-,43+,44+/m1/s1. The molecule has 0 saturated carbocycles. The molecule has 1 rings (SSSR count). The fourth-order valence-electron chi connectivity index (χ4n) is 7.50. The zero-order valence-corrected chi connectivity index (χ0v) is 43.2. The van der Waals surface area contributed by atoms with Gasteiger partial charge in [0.05, 0.1) is 57.7 Å². The van der Waals surface area contributed by atoms with Crippen molar-refractivity contribution in [1.29, 1.82) is 0 Å². The number of ether oxygens (including phenoxy) is 5. The second kappa shape index (κ2) is 43.1. The van der Waals surface area contributed by atoms with E-state index in [9.17, 15) is 48.3 Å². The summed E-state index contributed by atoms with van der Waals surface area (Å²) in [5.74, 6) is -4.25. The smallest absolute Gasteiger partial charge is 0.335 e. The summed E-state index contributed by atoms with van der Waals surface area (Å²) in [7, 11) is 1.73. The van der Waals surface area contributed by atoms with Crippen LogP contribution < -0.4 is 26.0 Å². The maximum absolute atomic E-state index is 12.7. The Hall–Kier alpha value is -5.35. The summed E-state index contributed by atoms with van der Waals surface area (Å²) >= 11 is 0. The van der Waals surface area contributed by atoms with Gasteiger partial charge in [-0.15, -0.1) is 0 Å². The number of likely N-dealkylation sites (N-methyl/N-ethyl adjacent to an activating group) is 1. The first kappa shape index (κ1) is 65.7. The zero-order chi connectivity index (χ0) is 53.9. The average molecular weight is 1040 g/mol. The van der Waals surface area contributed by atoms with E-state index >= 15 is 0 Å².